The van der Waals surface area contributed by atoms with Crippen molar-refractivity contribution in [3.63, 3.8) is 0 Å². The first-order chi connectivity index (χ1) is 14.0. The molecular weight excluding hydrogens is 366 g/mol. The number of hydrogen-bond acceptors (Lipinski definition) is 7. The molecule has 0 saturated carbocycles. The second-order valence-corrected chi connectivity index (χ2v) is 7.32. The maximum absolute atomic E-state index is 4.86. The zero-order valence-electron chi connectivity index (χ0n) is 16.3. The molecule has 0 aromatic carbocycles. The predicted molar refractivity (Wildman–Crippen MR) is 108 cm³/mol. The number of fused-ring (bicyclic) bond motifs is 1. The van der Waals surface area contributed by atoms with Crippen LogP contribution >= 0.6 is 0 Å². The Balaban J connectivity index is 1.65. The lowest BCUT2D eigenvalue weighted by molar-refractivity contribution is 0.566. The standard InChI is InChI=1S/C20H19N9/c1-20(2)14-7-4-10-27(3)17(14)23-15(20)13-16-24-18(28-11-5-8-21-28)26-19(25-16)29-12-6-9-22-29/h4-13H,1-3H3/b15-13-. The fourth-order valence-corrected chi connectivity index (χ4v) is 3.37. The van der Waals surface area contributed by atoms with Crippen molar-refractivity contribution in [2.75, 3.05) is 7.05 Å². The van der Waals surface area contributed by atoms with Gasteiger partial charge in [-0.3, -0.25) is 0 Å². The summed E-state index contributed by atoms with van der Waals surface area (Å²) in [6, 6.07) is 3.64. The number of amidine groups is 1. The van der Waals surface area contributed by atoms with Gasteiger partial charge in [0.1, 0.15) is 5.84 Å². The lowest BCUT2D eigenvalue weighted by Crippen LogP contribution is -2.27. The molecule has 9 nitrogen and oxygen atoms in total. The minimum Gasteiger partial charge on any atom is -0.336 e. The van der Waals surface area contributed by atoms with Gasteiger partial charge >= 0.3 is 0 Å². The summed E-state index contributed by atoms with van der Waals surface area (Å²) >= 11 is 0. The summed E-state index contributed by atoms with van der Waals surface area (Å²) in [7, 11) is 2.00. The SMILES string of the molecule is CN1C=CC=C2C1=N/C(=C\c1nc(-n3cccn3)nc(-n3cccn3)n1)C2(C)C. The minimum absolute atomic E-state index is 0.265. The van der Waals surface area contributed by atoms with Crippen LogP contribution in [0.3, 0.4) is 0 Å². The lowest BCUT2D eigenvalue weighted by Gasteiger charge is -2.25. The van der Waals surface area contributed by atoms with Crippen molar-refractivity contribution in [3.05, 3.63) is 72.4 Å². The summed E-state index contributed by atoms with van der Waals surface area (Å²) in [4.78, 5) is 20.6. The Kier molecular flexibility index (Phi) is 3.76. The molecule has 5 heterocycles. The monoisotopic (exact) mass is 385 g/mol. The Hall–Kier alpha value is -3.88. The molecule has 0 aliphatic carbocycles. The molecular formula is C20H19N9. The van der Waals surface area contributed by atoms with Gasteiger partial charge in [-0.25, -0.2) is 14.4 Å². The fraction of sp³-hybridized carbons (Fsp3) is 0.200. The molecule has 3 aromatic rings. The van der Waals surface area contributed by atoms with Crippen LogP contribution in [0, 0.1) is 5.41 Å². The van der Waals surface area contributed by atoms with Crippen LogP contribution in [-0.2, 0) is 0 Å². The van der Waals surface area contributed by atoms with Gasteiger partial charge in [0.05, 0.1) is 5.70 Å². The molecule has 2 aliphatic heterocycles. The topological polar surface area (TPSA) is 89.9 Å². The normalized spacial score (nSPS) is 18.7. The number of nitrogens with zero attached hydrogens (tertiary/aromatic N) is 9. The van der Waals surface area contributed by atoms with Crippen molar-refractivity contribution in [1.82, 2.24) is 39.4 Å². The van der Waals surface area contributed by atoms with Crippen molar-refractivity contribution >= 4 is 11.9 Å². The van der Waals surface area contributed by atoms with E-state index in [0.717, 1.165) is 11.5 Å². The minimum atomic E-state index is -0.265. The highest BCUT2D eigenvalue weighted by Crippen LogP contribution is 2.44. The molecule has 2 aliphatic rings. The summed E-state index contributed by atoms with van der Waals surface area (Å²) in [6.45, 7) is 4.30. The highest BCUT2D eigenvalue weighted by molar-refractivity contribution is 6.05. The van der Waals surface area contributed by atoms with Crippen LogP contribution in [0.2, 0.25) is 0 Å². The zero-order chi connectivity index (χ0) is 20.0. The molecule has 0 atom stereocenters. The Labute approximate surface area is 167 Å². The average molecular weight is 385 g/mol. The first kappa shape index (κ1) is 17.2. The van der Waals surface area contributed by atoms with Crippen molar-refractivity contribution in [3.8, 4) is 11.9 Å². The van der Waals surface area contributed by atoms with Crippen LogP contribution < -0.4 is 0 Å². The summed E-state index contributed by atoms with van der Waals surface area (Å²) in [5.41, 5.74) is 1.79. The van der Waals surface area contributed by atoms with Crippen molar-refractivity contribution in [2.24, 2.45) is 10.4 Å². The third-order valence-electron chi connectivity index (χ3n) is 5.00. The van der Waals surface area contributed by atoms with Gasteiger partial charge in [-0.05, 0) is 18.2 Å². The van der Waals surface area contributed by atoms with Crippen LogP contribution in [0.4, 0.5) is 0 Å². The zero-order valence-corrected chi connectivity index (χ0v) is 16.3. The largest absolute Gasteiger partial charge is 0.336 e. The van der Waals surface area contributed by atoms with Crippen LogP contribution in [-0.4, -0.2) is 52.3 Å². The Bertz CT molecular complexity index is 1130. The molecule has 0 fully saturated rings. The molecule has 5 rings (SSSR count). The highest BCUT2D eigenvalue weighted by Gasteiger charge is 2.39. The Morgan fingerprint density at radius 3 is 2.14 bits per heavy atom. The Morgan fingerprint density at radius 1 is 0.931 bits per heavy atom. The second kappa shape index (κ2) is 6.33. The van der Waals surface area contributed by atoms with Crippen LogP contribution in [0.1, 0.15) is 19.7 Å². The Morgan fingerprint density at radius 2 is 1.59 bits per heavy atom. The third-order valence-corrected chi connectivity index (χ3v) is 5.00. The van der Waals surface area contributed by atoms with E-state index in [1.807, 2.05) is 42.4 Å². The quantitative estimate of drug-likeness (QED) is 0.688. The summed E-state index contributed by atoms with van der Waals surface area (Å²) in [5.74, 6) is 2.28. The number of allylic oxidation sites excluding steroid dienone is 3. The van der Waals surface area contributed by atoms with Crippen molar-refractivity contribution in [1.29, 1.82) is 0 Å². The maximum Gasteiger partial charge on any atom is 0.255 e. The van der Waals surface area contributed by atoms with Gasteiger partial charge in [0.2, 0.25) is 0 Å². The molecule has 0 saturated heterocycles. The van der Waals surface area contributed by atoms with Gasteiger partial charge in [0.15, 0.2) is 5.82 Å². The van der Waals surface area contributed by atoms with Gasteiger partial charge in [0, 0.05) is 55.1 Å². The number of rotatable bonds is 3. The summed E-state index contributed by atoms with van der Waals surface area (Å²) < 4.78 is 3.20. The smallest absolute Gasteiger partial charge is 0.255 e. The average Bonchev–Trinajstić information content (AvgIpc) is 3.45. The highest BCUT2D eigenvalue weighted by atomic mass is 15.4. The molecule has 0 bridgehead atoms. The van der Waals surface area contributed by atoms with Gasteiger partial charge in [-0.2, -0.15) is 25.1 Å². The number of likely N-dealkylation sites (N-methyl/N-ethyl adjacent to an activating group) is 1. The van der Waals surface area contributed by atoms with Crippen LogP contribution in [0.25, 0.3) is 18.0 Å². The third kappa shape index (κ3) is 2.87. The number of aromatic nitrogens is 7. The van der Waals surface area contributed by atoms with E-state index in [1.54, 1.807) is 34.2 Å². The van der Waals surface area contributed by atoms with E-state index in [4.69, 9.17) is 4.99 Å². The second-order valence-electron chi connectivity index (χ2n) is 7.32. The first-order valence-corrected chi connectivity index (χ1v) is 9.21. The van der Waals surface area contributed by atoms with Gasteiger partial charge in [0.25, 0.3) is 11.9 Å². The van der Waals surface area contributed by atoms with Crippen molar-refractivity contribution in [2.45, 2.75) is 13.8 Å². The number of aliphatic imine (C=N–C) groups is 1. The lowest BCUT2D eigenvalue weighted by atomic mass is 9.81. The van der Waals surface area contributed by atoms with Gasteiger partial charge < -0.3 is 4.90 Å². The summed E-state index contributed by atoms with van der Waals surface area (Å²) in [5, 5.41) is 8.48. The number of hydrogen-bond donors (Lipinski definition) is 0. The molecule has 0 N–H and O–H groups in total. The van der Waals surface area contributed by atoms with E-state index in [2.05, 4.69) is 45.1 Å². The molecule has 144 valence electrons. The molecule has 9 heteroatoms. The molecule has 0 spiro atoms. The predicted octanol–water partition coefficient (Wildman–Crippen LogP) is 2.41. The van der Waals surface area contributed by atoms with E-state index < -0.39 is 0 Å². The van der Waals surface area contributed by atoms with E-state index in [-0.39, 0.29) is 5.41 Å². The van der Waals surface area contributed by atoms with Crippen LogP contribution in [0.15, 0.2) is 71.5 Å². The molecule has 0 amide bonds. The van der Waals surface area contributed by atoms with Gasteiger partial charge in [-0.15, -0.1) is 0 Å². The first-order valence-electron chi connectivity index (χ1n) is 9.21. The maximum atomic E-state index is 4.86. The van der Waals surface area contributed by atoms with E-state index >= 15 is 0 Å². The van der Waals surface area contributed by atoms with Crippen molar-refractivity contribution < 1.29 is 0 Å². The molecule has 0 unspecified atom stereocenters. The van der Waals surface area contributed by atoms with E-state index in [0.29, 0.717) is 17.7 Å². The molecule has 3 aromatic heterocycles. The van der Waals surface area contributed by atoms with Gasteiger partial charge in [-0.1, -0.05) is 19.9 Å². The fourth-order valence-electron chi connectivity index (χ4n) is 3.37. The molecule has 29 heavy (non-hydrogen) atoms. The summed E-state index contributed by atoms with van der Waals surface area (Å²) in [6.07, 6.45) is 15.0. The van der Waals surface area contributed by atoms with E-state index in [9.17, 15) is 0 Å². The van der Waals surface area contributed by atoms with Crippen LogP contribution in [0.5, 0.6) is 0 Å². The van der Waals surface area contributed by atoms with E-state index in [1.165, 1.54) is 5.57 Å². The molecule has 0 radical (unpaired) electrons.